The molecular formula is C14H13N5O. The summed E-state index contributed by atoms with van der Waals surface area (Å²) in [7, 11) is 0. The van der Waals surface area contributed by atoms with Crippen molar-refractivity contribution in [3.63, 3.8) is 0 Å². The van der Waals surface area contributed by atoms with Crippen LogP contribution < -0.4 is 11.1 Å². The van der Waals surface area contributed by atoms with E-state index >= 15 is 0 Å². The molecule has 2 heterocycles. The van der Waals surface area contributed by atoms with Crippen molar-refractivity contribution in [2.75, 3.05) is 11.1 Å². The van der Waals surface area contributed by atoms with Crippen molar-refractivity contribution in [1.29, 1.82) is 0 Å². The summed E-state index contributed by atoms with van der Waals surface area (Å²) < 4.78 is 0. The summed E-state index contributed by atoms with van der Waals surface area (Å²) in [5.74, 6) is -0.281. The molecule has 1 aromatic carbocycles. The van der Waals surface area contributed by atoms with Crippen LogP contribution in [0.5, 0.6) is 0 Å². The van der Waals surface area contributed by atoms with Gasteiger partial charge in [0.1, 0.15) is 0 Å². The number of amides is 1. The smallest absolute Gasteiger partial charge is 0.276 e. The molecule has 0 aliphatic carbocycles. The summed E-state index contributed by atoms with van der Waals surface area (Å²) in [5, 5.41) is 10.4. The van der Waals surface area contributed by atoms with E-state index in [9.17, 15) is 4.79 Å². The van der Waals surface area contributed by atoms with Crippen LogP contribution in [0.15, 0.2) is 36.7 Å². The average molecular weight is 267 g/mol. The minimum atomic E-state index is -0.281. The number of benzene rings is 1. The molecule has 0 saturated heterocycles. The lowest BCUT2D eigenvalue weighted by Gasteiger charge is -2.06. The molecule has 0 spiro atoms. The molecule has 0 saturated carbocycles. The van der Waals surface area contributed by atoms with Gasteiger partial charge in [-0.15, -0.1) is 0 Å². The average Bonchev–Trinajstić information content (AvgIpc) is 2.84. The maximum Gasteiger partial charge on any atom is 0.276 e. The molecule has 2 aromatic heterocycles. The van der Waals surface area contributed by atoms with E-state index in [0.717, 1.165) is 11.1 Å². The van der Waals surface area contributed by atoms with E-state index < -0.39 is 0 Å². The van der Waals surface area contributed by atoms with Crippen LogP contribution >= 0.6 is 0 Å². The number of carbonyl (C=O) groups excluding carboxylic acids is 1. The zero-order valence-corrected chi connectivity index (χ0v) is 10.8. The van der Waals surface area contributed by atoms with E-state index in [1.165, 1.54) is 0 Å². The number of nitrogens with zero attached hydrogens (tertiary/aromatic N) is 2. The first-order chi connectivity index (χ1) is 9.65. The molecule has 0 bridgehead atoms. The quantitative estimate of drug-likeness (QED) is 0.619. The highest BCUT2D eigenvalue weighted by Gasteiger charge is 2.15. The number of fused-ring (bicyclic) bond motifs is 1. The first kappa shape index (κ1) is 12.2. The van der Waals surface area contributed by atoms with Gasteiger partial charge in [0.05, 0.1) is 5.52 Å². The topological polar surface area (TPSA) is 96.7 Å². The maximum atomic E-state index is 12.3. The highest BCUT2D eigenvalue weighted by Crippen LogP contribution is 2.20. The number of rotatable bonds is 2. The van der Waals surface area contributed by atoms with Gasteiger partial charge in [-0.05, 0) is 36.8 Å². The number of carbonyl (C=O) groups is 1. The molecular weight excluding hydrogens is 254 g/mol. The Morgan fingerprint density at radius 2 is 2.20 bits per heavy atom. The third-order valence-corrected chi connectivity index (χ3v) is 3.07. The van der Waals surface area contributed by atoms with E-state index in [-0.39, 0.29) is 5.91 Å². The number of nitrogen functional groups attached to an aromatic ring is 1. The molecule has 4 N–H and O–H groups in total. The van der Waals surface area contributed by atoms with E-state index in [4.69, 9.17) is 5.73 Å². The Bertz CT molecular complexity index is 793. The van der Waals surface area contributed by atoms with Gasteiger partial charge >= 0.3 is 0 Å². The second kappa shape index (κ2) is 4.65. The normalized spacial score (nSPS) is 10.7. The van der Waals surface area contributed by atoms with Crippen molar-refractivity contribution in [2.45, 2.75) is 6.92 Å². The lowest BCUT2D eigenvalue weighted by molar-refractivity contribution is 0.102. The van der Waals surface area contributed by atoms with Crippen LogP contribution in [-0.2, 0) is 0 Å². The molecule has 0 aliphatic rings. The zero-order chi connectivity index (χ0) is 14.1. The number of hydrogen-bond acceptors (Lipinski definition) is 4. The van der Waals surface area contributed by atoms with Crippen molar-refractivity contribution in [2.24, 2.45) is 0 Å². The summed E-state index contributed by atoms with van der Waals surface area (Å²) in [6, 6.07) is 7.03. The van der Waals surface area contributed by atoms with Gasteiger partial charge in [0.15, 0.2) is 5.69 Å². The largest absolute Gasteiger partial charge is 0.399 e. The van der Waals surface area contributed by atoms with Gasteiger partial charge in [-0.25, -0.2) is 0 Å². The number of aryl methyl sites for hydroxylation is 1. The van der Waals surface area contributed by atoms with Gasteiger partial charge in [0, 0.05) is 29.2 Å². The standard InChI is InChI=1S/C14H13N5O/c1-8-7-16-5-4-11(8)17-14(20)13-10-6-9(15)2-3-12(10)18-19-13/h2-7H,15H2,1H3,(H,18,19)(H,16,17,20). The molecule has 100 valence electrons. The van der Waals surface area contributed by atoms with Crippen LogP contribution in [0.3, 0.4) is 0 Å². The number of H-pyrrole nitrogens is 1. The monoisotopic (exact) mass is 267 g/mol. The van der Waals surface area contributed by atoms with E-state index in [2.05, 4.69) is 20.5 Å². The Kier molecular flexibility index (Phi) is 2.83. The highest BCUT2D eigenvalue weighted by atomic mass is 16.1. The van der Waals surface area contributed by atoms with Crippen LogP contribution in [0.2, 0.25) is 0 Å². The fraction of sp³-hybridized carbons (Fsp3) is 0.0714. The molecule has 0 fully saturated rings. The minimum Gasteiger partial charge on any atom is -0.399 e. The summed E-state index contributed by atoms with van der Waals surface area (Å²) in [6.45, 7) is 1.88. The third-order valence-electron chi connectivity index (χ3n) is 3.07. The Morgan fingerprint density at radius 1 is 1.35 bits per heavy atom. The number of nitrogens with one attached hydrogen (secondary N) is 2. The first-order valence-corrected chi connectivity index (χ1v) is 6.11. The summed E-state index contributed by atoms with van der Waals surface area (Å²) in [5.41, 5.74) is 9.04. The van der Waals surface area contributed by atoms with Crippen LogP contribution in [0, 0.1) is 6.92 Å². The fourth-order valence-corrected chi connectivity index (χ4v) is 2.00. The third kappa shape index (κ3) is 2.07. The Hall–Kier alpha value is -2.89. The highest BCUT2D eigenvalue weighted by molar-refractivity contribution is 6.11. The molecule has 0 radical (unpaired) electrons. The van der Waals surface area contributed by atoms with Gasteiger partial charge in [0.25, 0.3) is 5.91 Å². The molecule has 0 unspecified atom stereocenters. The van der Waals surface area contributed by atoms with Crippen LogP contribution in [-0.4, -0.2) is 21.1 Å². The SMILES string of the molecule is Cc1cnccc1NC(=O)c1n[nH]c2ccc(N)cc12. The van der Waals surface area contributed by atoms with E-state index in [1.807, 2.05) is 6.92 Å². The Balaban J connectivity index is 1.97. The van der Waals surface area contributed by atoms with Crippen molar-refractivity contribution < 1.29 is 4.79 Å². The van der Waals surface area contributed by atoms with Crippen molar-refractivity contribution >= 4 is 28.2 Å². The van der Waals surface area contributed by atoms with Crippen molar-refractivity contribution in [3.05, 3.63) is 47.9 Å². The second-order valence-corrected chi connectivity index (χ2v) is 4.52. The second-order valence-electron chi connectivity index (χ2n) is 4.52. The van der Waals surface area contributed by atoms with Crippen LogP contribution in [0.25, 0.3) is 10.9 Å². The maximum absolute atomic E-state index is 12.3. The number of anilines is 2. The van der Waals surface area contributed by atoms with Gasteiger partial charge in [-0.2, -0.15) is 5.10 Å². The predicted molar refractivity (Wildman–Crippen MR) is 77.4 cm³/mol. The van der Waals surface area contributed by atoms with E-state index in [0.29, 0.717) is 22.5 Å². The Morgan fingerprint density at radius 3 is 3.00 bits per heavy atom. The van der Waals surface area contributed by atoms with Crippen molar-refractivity contribution in [3.8, 4) is 0 Å². The van der Waals surface area contributed by atoms with Gasteiger partial charge in [-0.1, -0.05) is 0 Å². The predicted octanol–water partition coefficient (Wildman–Crippen LogP) is 2.10. The van der Waals surface area contributed by atoms with Gasteiger partial charge < -0.3 is 11.1 Å². The number of pyridine rings is 1. The molecule has 0 aliphatic heterocycles. The molecule has 1 amide bonds. The first-order valence-electron chi connectivity index (χ1n) is 6.11. The van der Waals surface area contributed by atoms with Gasteiger partial charge in [0.2, 0.25) is 0 Å². The lowest BCUT2D eigenvalue weighted by atomic mass is 10.1. The summed E-state index contributed by atoms with van der Waals surface area (Å²) in [6.07, 6.45) is 3.32. The number of aromatic nitrogens is 3. The molecule has 3 rings (SSSR count). The summed E-state index contributed by atoms with van der Waals surface area (Å²) in [4.78, 5) is 16.3. The number of hydrogen-bond donors (Lipinski definition) is 3. The van der Waals surface area contributed by atoms with Crippen molar-refractivity contribution in [1.82, 2.24) is 15.2 Å². The minimum absolute atomic E-state index is 0.281. The van der Waals surface area contributed by atoms with Gasteiger partial charge in [-0.3, -0.25) is 14.9 Å². The van der Waals surface area contributed by atoms with Crippen LogP contribution in [0.4, 0.5) is 11.4 Å². The molecule has 6 nitrogen and oxygen atoms in total. The van der Waals surface area contributed by atoms with Crippen LogP contribution in [0.1, 0.15) is 16.1 Å². The Labute approximate surface area is 115 Å². The molecule has 3 aromatic rings. The van der Waals surface area contributed by atoms with E-state index in [1.54, 1.807) is 36.7 Å². The summed E-state index contributed by atoms with van der Waals surface area (Å²) >= 11 is 0. The lowest BCUT2D eigenvalue weighted by Crippen LogP contribution is -2.13. The fourth-order valence-electron chi connectivity index (χ4n) is 2.00. The molecule has 20 heavy (non-hydrogen) atoms. The number of nitrogens with two attached hydrogens (primary N) is 1. The number of aromatic amines is 1. The molecule has 0 atom stereocenters. The zero-order valence-electron chi connectivity index (χ0n) is 10.8. The molecule has 6 heteroatoms.